The molecule has 0 bridgehead atoms. The number of aliphatic imine (C=N–C) groups is 3. The number of ether oxygens (including phenoxy) is 1. The summed E-state index contributed by atoms with van der Waals surface area (Å²) in [5.74, 6) is -0.488. The lowest BCUT2D eigenvalue weighted by Crippen LogP contribution is -2.13. The molecule has 0 saturated heterocycles. The van der Waals surface area contributed by atoms with Gasteiger partial charge in [-0.25, -0.2) is 15.0 Å². The molecule has 0 aliphatic carbocycles. The molecule has 0 aromatic rings. The maximum absolute atomic E-state index is 12.0. The molecule has 0 aromatic carbocycles. The zero-order valence-corrected chi connectivity index (χ0v) is 11.9. The number of carbonyl (C=O) groups is 1. The zero-order valence-electron chi connectivity index (χ0n) is 11.9. The van der Waals surface area contributed by atoms with Crippen LogP contribution in [0.5, 0.6) is 0 Å². The van der Waals surface area contributed by atoms with Crippen molar-refractivity contribution in [3.8, 4) is 0 Å². The van der Waals surface area contributed by atoms with Crippen LogP contribution in [-0.4, -0.2) is 49.8 Å². The van der Waals surface area contributed by atoms with E-state index in [4.69, 9.17) is 4.74 Å². The minimum atomic E-state index is -0.488. The van der Waals surface area contributed by atoms with Crippen LogP contribution in [0.4, 0.5) is 0 Å². The first kappa shape index (κ1) is 14.7. The molecule has 0 aromatic heterocycles. The predicted molar refractivity (Wildman–Crippen MR) is 86.3 cm³/mol. The van der Waals surface area contributed by atoms with Crippen molar-refractivity contribution in [2.24, 2.45) is 35.4 Å². The van der Waals surface area contributed by atoms with Crippen LogP contribution in [-0.2, 0) is 9.53 Å². The van der Waals surface area contributed by atoms with E-state index >= 15 is 0 Å². The molecule has 3 heterocycles. The number of hydrogen-bond donors (Lipinski definition) is 0. The molecular formula is C14H11N7O2. The Bertz CT molecular complexity index is 779. The molecule has 3 aliphatic rings. The van der Waals surface area contributed by atoms with E-state index in [-0.39, 0.29) is 18.9 Å². The Morgan fingerprint density at radius 1 is 1.04 bits per heavy atom. The average molecular weight is 309 g/mol. The van der Waals surface area contributed by atoms with Crippen molar-refractivity contribution in [3.05, 3.63) is 35.3 Å². The van der Waals surface area contributed by atoms with Gasteiger partial charge in [-0.1, -0.05) is 0 Å². The van der Waals surface area contributed by atoms with Gasteiger partial charge in [0.15, 0.2) is 5.71 Å². The summed E-state index contributed by atoms with van der Waals surface area (Å²) in [6.07, 6.45) is 10.6. The van der Waals surface area contributed by atoms with E-state index in [0.717, 1.165) is 0 Å². The third-order valence-corrected chi connectivity index (χ3v) is 2.82. The number of nitrogens with zero attached hydrogens (tertiary/aromatic N) is 7. The summed E-state index contributed by atoms with van der Waals surface area (Å²) >= 11 is 0. The van der Waals surface area contributed by atoms with E-state index in [2.05, 4.69) is 35.4 Å². The van der Waals surface area contributed by atoms with Gasteiger partial charge >= 0.3 is 0 Å². The minimum absolute atomic E-state index is 0.163. The third-order valence-electron chi connectivity index (χ3n) is 2.82. The SMILES string of the molecule is O=C1N=CCOCC=NC=NC2=CN=N/C2=C/C=C2/C=NN=C12. The monoisotopic (exact) mass is 309 g/mol. The number of azo groups is 1. The fourth-order valence-electron chi connectivity index (χ4n) is 1.75. The maximum atomic E-state index is 12.0. The second-order valence-corrected chi connectivity index (χ2v) is 4.33. The number of allylic oxidation sites excluding steroid dienone is 2. The molecule has 3 rings (SSSR count). The van der Waals surface area contributed by atoms with E-state index < -0.39 is 5.91 Å². The Labute approximate surface area is 131 Å². The topological polar surface area (TPSA) is 113 Å². The van der Waals surface area contributed by atoms with Gasteiger partial charge in [0.05, 0.1) is 25.6 Å². The van der Waals surface area contributed by atoms with Gasteiger partial charge < -0.3 is 4.74 Å². The third kappa shape index (κ3) is 3.71. The van der Waals surface area contributed by atoms with E-state index in [1.807, 2.05) is 0 Å². The second kappa shape index (κ2) is 7.18. The first-order valence-corrected chi connectivity index (χ1v) is 6.68. The molecule has 0 fully saturated rings. The van der Waals surface area contributed by atoms with E-state index in [1.165, 1.54) is 25.0 Å². The Balaban J connectivity index is 1.91. The van der Waals surface area contributed by atoms with Crippen LogP contribution in [0.25, 0.3) is 0 Å². The van der Waals surface area contributed by atoms with Gasteiger partial charge in [-0.05, 0) is 12.2 Å². The average Bonchev–Trinajstić information content (AvgIpc) is 3.19. The molecule has 0 atom stereocenters. The summed E-state index contributed by atoms with van der Waals surface area (Å²) in [5.41, 5.74) is 1.81. The second-order valence-electron chi connectivity index (χ2n) is 4.33. The number of rotatable bonds is 0. The molecule has 1 amide bonds. The smallest absolute Gasteiger partial charge is 0.297 e. The normalized spacial score (nSPS) is 25.3. The number of carbonyl (C=O) groups excluding carboxylic acids is 1. The van der Waals surface area contributed by atoms with Gasteiger partial charge in [0, 0.05) is 18.0 Å². The van der Waals surface area contributed by atoms with Crippen molar-refractivity contribution in [3.63, 3.8) is 0 Å². The van der Waals surface area contributed by atoms with Crippen LogP contribution in [0.3, 0.4) is 0 Å². The van der Waals surface area contributed by atoms with Crippen LogP contribution in [0.2, 0.25) is 0 Å². The van der Waals surface area contributed by atoms with Crippen LogP contribution in [0.1, 0.15) is 0 Å². The molecule has 3 aliphatic heterocycles. The first-order valence-electron chi connectivity index (χ1n) is 6.68. The summed E-state index contributed by atoms with van der Waals surface area (Å²) in [6, 6.07) is 0. The summed E-state index contributed by atoms with van der Waals surface area (Å²) in [4.78, 5) is 23.9. The van der Waals surface area contributed by atoms with E-state index in [1.54, 1.807) is 18.4 Å². The molecule has 114 valence electrons. The number of amides is 1. The van der Waals surface area contributed by atoms with Gasteiger partial charge in [-0.3, -0.25) is 4.79 Å². The van der Waals surface area contributed by atoms with E-state index in [0.29, 0.717) is 17.0 Å². The minimum Gasteiger partial charge on any atom is -0.370 e. The van der Waals surface area contributed by atoms with Crippen LogP contribution >= 0.6 is 0 Å². The fourth-order valence-corrected chi connectivity index (χ4v) is 1.75. The van der Waals surface area contributed by atoms with Gasteiger partial charge in [-0.15, -0.1) is 10.2 Å². The Morgan fingerprint density at radius 3 is 2.91 bits per heavy atom. The van der Waals surface area contributed by atoms with Crippen molar-refractivity contribution in [2.45, 2.75) is 0 Å². The summed E-state index contributed by atoms with van der Waals surface area (Å²) < 4.78 is 5.22. The summed E-state index contributed by atoms with van der Waals surface area (Å²) in [6.45, 7) is 0.465. The molecule has 0 saturated carbocycles. The quantitative estimate of drug-likeness (QED) is 0.670. The highest BCUT2D eigenvalue weighted by Crippen LogP contribution is 2.20. The van der Waals surface area contributed by atoms with Gasteiger partial charge in [0.25, 0.3) is 5.91 Å². The molecular weight excluding hydrogens is 298 g/mol. The number of fused-ring (bicyclic) bond motifs is 2. The molecule has 23 heavy (non-hydrogen) atoms. The van der Waals surface area contributed by atoms with Crippen molar-refractivity contribution in [1.82, 2.24) is 0 Å². The van der Waals surface area contributed by atoms with Crippen LogP contribution < -0.4 is 0 Å². The predicted octanol–water partition coefficient (Wildman–Crippen LogP) is 1.27. The largest absolute Gasteiger partial charge is 0.370 e. The van der Waals surface area contributed by atoms with Gasteiger partial charge in [0.1, 0.15) is 17.7 Å². The summed E-state index contributed by atoms with van der Waals surface area (Å²) in [5, 5.41) is 15.3. The van der Waals surface area contributed by atoms with Crippen molar-refractivity contribution in [2.75, 3.05) is 13.2 Å². The van der Waals surface area contributed by atoms with Gasteiger partial charge in [0.2, 0.25) is 0 Å². The lowest BCUT2D eigenvalue weighted by Gasteiger charge is -1.97. The standard InChI is InChI=1S/C14H11N7O2/c22-14-13-10(7-18-21-13)1-2-11-12(8-19-20-11)17-9-15-3-5-23-6-4-16-14/h1-4,7-9H,5-6H2/b10-1-,11-2+,15-3?,16-4?,17-9?. The highest BCUT2D eigenvalue weighted by molar-refractivity contribution is 6.51. The molecule has 9 heteroatoms. The molecule has 0 N–H and O–H groups in total. The number of hydrogen-bond acceptors (Lipinski definition) is 8. The molecule has 0 radical (unpaired) electrons. The highest BCUT2D eigenvalue weighted by Gasteiger charge is 2.18. The fraction of sp³-hybridized carbons (Fsp3) is 0.143. The van der Waals surface area contributed by atoms with E-state index in [9.17, 15) is 4.79 Å². The molecule has 0 spiro atoms. The Kier molecular flexibility index (Phi) is 4.60. The molecule has 9 nitrogen and oxygen atoms in total. The van der Waals surface area contributed by atoms with Crippen LogP contribution in [0.15, 0.2) is 70.7 Å². The lowest BCUT2D eigenvalue weighted by atomic mass is 10.1. The highest BCUT2D eigenvalue weighted by atomic mass is 16.5. The van der Waals surface area contributed by atoms with Crippen LogP contribution in [0, 0.1) is 0 Å². The van der Waals surface area contributed by atoms with Crippen molar-refractivity contribution >= 4 is 36.6 Å². The maximum Gasteiger partial charge on any atom is 0.297 e. The van der Waals surface area contributed by atoms with Gasteiger partial charge in [-0.2, -0.15) is 10.2 Å². The first-order chi connectivity index (χ1) is 11.3. The zero-order chi connectivity index (χ0) is 15.9. The molecule has 0 unspecified atom stereocenters. The van der Waals surface area contributed by atoms with Crippen molar-refractivity contribution in [1.29, 1.82) is 0 Å². The Hall–Kier alpha value is -3.20. The summed E-state index contributed by atoms with van der Waals surface area (Å²) in [7, 11) is 0. The lowest BCUT2D eigenvalue weighted by molar-refractivity contribution is -0.111. The van der Waals surface area contributed by atoms with Crippen molar-refractivity contribution < 1.29 is 9.53 Å². The Morgan fingerprint density at radius 2 is 1.96 bits per heavy atom.